The van der Waals surface area contributed by atoms with Crippen molar-refractivity contribution in [2.24, 2.45) is 7.05 Å². The van der Waals surface area contributed by atoms with Crippen LogP contribution >= 0.6 is 0 Å². The fourth-order valence-corrected chi connectivity index (χ4v) is 3.04. The van der Waals surface area contributed by atoms with Gasteiger partial charge in [0.25, 0.3) is 0 Å². The van der Waals surface area contributed by atoms with Crippen LogP contribution in [0.1, 0.15) is 11.3 Å². The minimum atomic E-state index is 0.863. The maximum absolute atomic E-state index is 4.48. The Hall–Kier alpha value is -2.77. The van der Waals surface area contributed by atoms with E-state index >= 15 is 0 Å². The number of piperazine rings is 1. The van der Waals surface area contributed by atoms with Crippen LogP contribution in [0.5, 0.6) is 0 Å². The van der Waals surface area contributed by atoms with Gasteiger partial charge in [0.15, 0.2) is 11.5 Å². The van der Waals surface area contributed by atoms with Crippen molar-refractivity contribution in [3.8, 4) is 0 Å². The van der Waals surface area contributed by atoms with E-state index < -0.39 is 0 Å². The highest BCUT2D eigenvalue weighted by atomic mass is 15.3. The number of hydrogen-bond donors (Lipinski definition) is 0. The molecular weight excluding hydrogens is 304 g/mol. The molecule has 0 spiro atoms. The van der Waals surface area contributed by atoms with Crippen LogP contribution in [0.2, 0.25) is 0 Å². The van der Waals surface area contributed by atoms with Crippen LogP contribution in [-0.2, 0) is 7.05 Å². The Morgan fingerprint density at radius 2 is 1.71 bits per heavy atom. The van der Waals surface area contributed by atoms with Gasteiger partial charge in [-0.3, -0.25) is 4.68 Å². The van der Waals surface area contributed by atoms with Gasteiger partial charge in [-0.05, 0) is 25.5 Å². The fourth-order valence-electron chi connectivity index (χ4n) is 3.04. The van der Waals surface area contributed by atoms with Crippen molar-refractivity contribution in [3.63, 3.8) is 0 Å². The molecule has 4 heterocycles. The van der Waals surface area contributed by atoms with Crippen molar-refractivity contribution < 1.29 is 0 Å². The Morgan fingerprint density at radius 3 is 2.46 bits per heavy atom. The van der Waals surface area contributed by atoms with Gasteiger partial charge in [0, 0.05) is 33.2 Å². The highest BCUT2D eigenvalue weighted by Gasteiger charge is 2.22. The summed E-state index contributed by atoms with van der Waals surface area (Å²) in [6.07, 6.45) is 3.45. The maximum Gasteiger partial charge on any atom is 0.163 e. The van der Waals surface area contributed by atoms with Crippen LogP contribution in [0.15, 0.2) is 18.6 Å². The Kier molecular flexibility index (Phi) is 3.51. The van der Waals surface area contributed by atoms with E-state index in [1.165, 1.54) is 5.56 Å². The lowest BCUT2D eigenvalue weighted by molar-refractivity contribution is 0.638. The highest BCUT2D eigenvalue weighted by Crippen LogP contribution is 2.24. The quantitative estimate of drug-likeness (QED) is 0.698. The first kappa shape index (κ1) is 14.8. The van der Waals surface area contributed by atoms with Crippen molar-refractivity contribution in [1.82, 2.24) is 29.9 Å². The molecule has 8 nitrogen and oxygen atoms in total. The molecule has 3 aromatic rings. The average molecular weight is 324 g/mol. The van der Waals surface area contributed by atoms with Gasteiger partial charge in [-0.1, -0.05) is 0 Å². The van der Waals surface area contributed by atoms with E-state index in [9.17, 15) is 0 Å². The number of rotatable bonds is 2. The molecule has 4 rings (SSSR count). The lowest BCUT2D eigenvalue weighted by Gasteiger charge is -2.36. The number of nitrogens with zero attached hydrogens (tertiary/aromatic N) is 8. The molecule has 1 saturated heterocycles. The molecule has 0 saturated carbocycles. The highest BCUT2D eigenvalue weighted by molar-refractivity contribution is 5.86. The molecule has 0 aliphatic carbocycles. The summed E-state index contributed by atoms with van der Waals surface area (Å²) in [6.45, 7) is 7.61. The Labute approximate surface area is 140 Å². The van der Waals surface area contributed by atoms with E-state index in [0.717, 1.165) is 54.5 Å². The van der Waals surface area contributed by atoms with Crippen LogP contribution in [0.4, 0.5) is 11.6 Å². The number of hydrogen-bond acceptors (Lipinski definition) is 7. The third kappa shape index (κ3) is 2.44. The standard InChI is InChI=1S/C16H20N8/c1-11-8-14(21-20-12(11)2)23-4-6-24(7-5-23)16-13-9-19-22(3)15(13)17-10-18-16/h8-10H,4-7H2,1-3H3. The molecule has 1 aliphatic heterocycles. The first-order chi connectivity index (χ1) is 11.6. The summed E-state index contributed by atoms with van der Waals surface area (Å²) >= 11 is 0. The lowest BCUT2D eigenvalue weighted by Crippen LogP contribution is -2.47. The normalized spacial score (nSPS) is 15.3. The smallest absolute Gasteiger partial charge is 0.163 e. The molecule has 0 aromatic carbocycles. The van der Waals surface area contributed by atoms with Crippen molar-refractivity contribution >= 4 is 22.7 Å². The van der Waals surface area contributed by atoms with Crippen molar-refractivity contribution in [2.45, 2.75) is 13.8 Å². The molecule has 1 fully saturated rings. The summed E-state index contributed by atoms with van der Waals surface area (Å²) < 4.78 is 1.78. The second-order valence-corrected chi connectivity index (χ2v) is 6.15. The third-order valence-electron chi connectivity index (χ3n) is 4.63. The van der Waals surface area contributed by atoms with Gasteiger partial charge in [-0.2, -0.15) is 10.2 Å². The zero-order valence-electron chi connectivity index (χ0n) is 14.1. The summed E-state index contributed by atoms with van der Waals surface area (Å²) in [5.41, 5.74) is 3.02. The van der Waals surface area contributed by atoms with Crippen molar-refractivity contribution in [1.29, 1.82) is 0 Å². The van der Waals surface area contributed by atoms with Gasteiger partial charge in [0.1, 0.15) is 12.1 Å². The molecule has 8 heteroatoms. The fraction of sp³-hybridized carbons (Fsp3) is 0.438. The van der Waals surface area contributed by atoms with E-state index in [0.29, 0.717) is 0 Å². The second-order valence-electron chi connectivity index (χ2n) is 6.15. The van der Waals surface area contributed by atoms with Crippen LogP contribution in [0.25, 0.3) is 11.0 Å². The molecule has 0 atom stereocenters. The van der Waals surface area contributed by atoms with Crippen molar-refractivity contribution in [3.05, 3.63) is 29.8 Å². The molecule has 0 radical (unpaired) electrons. The van der Waals surface area contributed by atoms with Gasteiger partial charge >= 0.3 is 0 Å². The van der Waals surface area contributed by atoms with Gasteiger partial charge < -0.3 is 9.80 Å². The number of aromatic nitrogens is 6. The number of aryl methyl sites for hydroxylation is 3. The Morgan fingerprint density at radius 1 is 0.958 bits per heavy atom. The van der Waals surface area contributed by atoms with E-state index in [2.05, 4.69) is 48.1 Å². The van der Waals surface area contributed by atoms with Crippen LogP contribution < -0.4 is 9.80 Å². The first-order valence-electron chi connectivity index (χ1n) is 8.07. The van der Waals surface area contributed by atoms with E-state index in [1.807, 2.05) is 20.2 Å². The minimum absolute atomic E-state index is 0.863. The van der Waals surface area contributed by atoms with Crippen molar-refractivity contribution in [2.75, 3.05) is 36.0 Å². The van der Waals surface area contributed by atoms with Crippen LogP contribution in [0, 0.1) is 13.8 Å². The van der Waals surface area contributed by atoms with Gasteiger partial charge in [0.05, 0.1) is 17.3 Å². The molecular formula is C16H20N8. The second kappa shape index (κ2) is 5.70. The summed E-state index contributed by atoms with van der Waals surface area (Å²) in [6, 6.07) is 2.11. The number of anilines is 2. The molecule has 0 bridgehead atoms. The maximum atomic E-state index is 4.48. The molecule has 1 aliphatic rings. The van der Waals surface area contributed by atoms with Gasteiger partial charge in [-0.25, -0.2) is 9.97 Å². The molecule has 24 heavy (non-hydrogen) atoms. The van der Waals surface area contributed by atoms with E-state index in [1.54, 1.807) is 11.0 Å². The lowest BCUT2D eigenvalue weighted by atomic mass is 10.2. The zero-order valence-corrected chi connectivity index (χ0v) is 14.1. The molecule has 0 unspecified atom stereocenters. The first-order valence-corrected chi connectivity index (χ1v) is 8.07. The largest absolute Gasteiger partial charge is 0.352 e. The third-order valence-corrected chi connectivity index (χ3v) is 4.63. The zero-order chi connectivity index (χ0) is 16.7. The van der Waals surface area contributed by atoms with E-state index in [-0.39, 0.29) is 0 Å². The summed E-state index contributed by atoms with van der Waals surface area (Å²) in [5, 5.41) is 13.9. The predicted octanol–water partition coefficient (Wildman–Crippen LogP) is 1.10. The molecule has 3 aromatic heterocycles. The van der Waals surface area contributed by atoms with Gasteiger partial charge in [-0.15, -0.1) is 5.10 Å². The summed E-state index contributed by atoms with van der Waals surface area (Å²) in [5.74, 6) is 1.91. The number of fused-ring (bicyclic) bond motifs is 1. The van der Waals surface area contributed by atoms with E-state index in [4.69, 9.17) is 0 Å². The minimum Gasteiger partial charge on any atom is -0.352 e. The SMILES string of the molecule is Cc1cc(N2CCN(c3ncnc4c3cnn4C)CC2)nnc1C. The topological polar surface area (TPSA) is 75.9 Å². The Balaban J connectivity index is 1.54. The monoisotopic (exact) mass is 324 g/mol. The molecule has 124 valence electrons. The van der Waals surface area contributed by atoms with Crippen LogP contribution in [-0.4, -0.2) is 56.1 Å². The average Bonchev–Trinajstić information content (AvgIpc) is 2.99. The molecule has 0 N–H and O–H groups in total. The van der Waals surface area contributed by atoms with Crippen LogP contribution in [0.3, 0.4) is 0 Å². The molecule has 0 amide bonds. The summed E-state index contributed by atoms with van der Waals surface area (Å²) in [7, 11) is 1.90. The van der Waals surface area contributed by atoms with Gasteiger partial charge in [0.2, 0.25) is 0 Å². The Bertz CT molecular complexity index is 879. The summed E-state index contributed by atoms with van der Waals surface area (Å²) in [4.78, 5) is 13.4. The predicted molar refractivity (Wildman–Crippen MR) is 92.2 cm³/mol.